The number of hydrogen-bond acceptors (Lipinski definition) is 5. The zero-order chi connectivity index (χ0) is 13.1. The Labute approximate surface area is 102 Å². The fourth-order valence-electron chi connectivity index (χ4n) is 1.59. The lowest BCUT2D eigenvalue weighted by molar-refractivity contribution is -0.385. The minimum absolute atomic E-state index is 0.0428. The summed E-state index contributed by atoms with van der Waals surface area (Å²) in [5.41, 5.74) is 1.23. The summed E-state index contributed by atoms with van der Waals surface area (Å²) in [4.78, 5) is 10.4. The van der Waals surface area contributed by atoms with Gasteiger partial charge in [0.25, 0.3) is 5.69 Å². The molecule has 2 aromatic rings. The van der Waals surface area contributed by atoms with Crippen LogP contribution in [0, 0.1) is 17.0 Å². The second kappa shape index (κ2) is 4.70. The molecule has 1 aromatic heterocycles. The molecule has 0 spiro atoms. The summed E-state index contributed by atoms with van der Waals surface area (Å²) >= 11 is 0. The third-order valence-corrected chi connectivity index (χ3v) is 2.50. The van der Waals surface area contributed by atoms with Crippen LogP contribution in [0.4, 0.5) is 5.69 Å². The molecule has 0 aliphatic rings. The summed E-state index contributed by atoms with van der Waals surface area (Å²) in [5.74, 6) is 0.851. The molecule has 1 N–H and O–H groups in total. The second-order valence-electron chi connectivity index (χ2n) is 3.70. The predicted molar refractivity (Wildman–Crippen MR) is 64.9 cm³/mol. The standard InChI is InChI=1S/C12H10N2O4/c1-8-2-3-9(6-11(8)14(16)17)12-5-4-10(18-12)7-13-15/h2-7,15H,1H3/b13-7+. The highest BCUT2D eigenvalue weighted by molar-refractivity contribution is 5.77. The average molecular weight is 246 g/mol. The van der Waals surface area contributed by atoms with Gasteiger partial charge in [0.15, 0.2) is 0 Å². The molecule has 1 aromatic carbocycles. The maximum absolute atomic E-state index is 10.8. The van der Waals surface area contributed by atoms with Crippen LogP contribution in [0.2, 0.25) is 0 Å². The number of nitro groups is 1. The number of oxime groups is 1. The highest BCUT2D eigenvalue weighted by Gasteiger charge is 2.13. The normalized spacial score (nSPS) is 10.9. The van der Waals surface area contributed by atoms with Crippen LogP contribution in [-0.4, -0.2) is 16.3 Å². The molecule has 2 rings (SSSR count). The highest BCUT2D eigenvalue weighted by atomic mass is 16.6. The number of furan rings is 1. The lowest BCUT2D eigenvalue weighted by Crippen LogP contribution is -1.91. The first-order chi connectivity index (χ1) is 8.61. The summed E-state index contributed by atoms with van der Waals surface area (Å²) in [5, 5.41) is 22.1. The summed E-state index contributed by atoms with van der Waals surface area (Å²) < 4.78 is 5.35. The highest BCUT2D eigenvalue weighted by Crippen LogP contribution is 2.27. The molecule has 0 amide bonds. The van der Waals surface area contributed by atoms with E-state index in [4.69, 9.17) is 9.62 Å². The van der Waals surface area contributed by atoms with Crippen molar-refractivity contribution in [2.45, 2.75) is 6.92 Å². The molecule has 18 heavy (non-hydrogen) atoms. The average Bonchev–Trinajstić information content (AvgIpc) is 2.78. The number of nitro benzene ring substituents is 1. The second-order valence-corrected chi connectivity index (χ2v) is 3.70. The Hall–Kier alpha value is -2.63. The summed E-state index contributed by atoms with van der Waals surface area (Å²) in [6.45, 7) is 1.67. The fraction of sp³-hybridized carbons (Fsp3) is 0.0833. The van der Waals surface area contributed by atoms with Crippen LogP contribution in [0.1, 0.15) is 11.3 Å². The third kappa shape index (κ3) is 2.22. The maximum atomic E-state index is 10.8. The van der Waals surface area contributed by atoms with E-state index in [9.17, 15) is 10.1 Å². The minimum atomic E-state index is -0.433. The number of aryl methyl sites for hydroxylation is 1. The van der Waals surface area contributed by atoms with Gasteiger partial charge in [0.1, 0.15) is 17.7 Å². The number of benzene rings is 1. The smallest absolute Gasteiger partial charge is 0.273 e. The number of hydrogen-bond donors (Lipinski definition) is 1. The minimum Gasteiger partial charge on any atom is -0.455 e. The van der Waals surface area contributed by atoms with E-state index in [0.29, 0.717) is 22.6 Å². The predicted octanol–water partition coefficient (Wildman–Crippen LogP) is 2.97. The summed E-state index contributed by atoms with van der Waals surface area (Å²) in [6, 6.07) is 8.12. The van der Waals surface area contributed by atoms with E-state index in [0.717, 1.165) is 6.21 Å². The monoisotopic (exact) mass is 246 g/mol. The van der Waals surface area contributed by atoms with E-state index in [1.54, 1.807) is 31.2 Å². The lowest BCUT2D eigenvalue weighted by Gasteiger charge is -2.00. The fourth-order valence-corrected chi connectivity index (χ4v) is 1.59. The van der Waals surface area contributed by atoms with E-state index in [2.05, 4.69) is 5.16 Å². The molecule has 92 valence electrons. The van der Waals surface area contributed by atoms with Gasteiger partial charge in [-0.3, -0.25) is 10.1 Å². The van der Waals surface area contributed by atoms with Crippen LogP contribution in [0.25, 0.3) is 11.3 Å². The molecule has 6 heteroatoms. The Morgan fingerprint density at radius 2 is 2.17 bits per heavy atom. The zero-order valence-electron chi connectivity index (χ0n) is 9.53. The molecule has 0 aliphatic carbocycles. The lowest BCUT2D eigenvalue weighted by atomic mass is 10.1. The first-order valence-corrected chi connectivity index (χ1v) is 5.14. The van der Waals surface area contributed by atoms with Crippen LogP contribution in [-0.2, 0) is 0 Å². The Morgan fingerprint density at radius 1 is 1.39 bits per heavy atom. The quantitative estimate of drug-likeness (QED) is 0.390. The molecule has 1 heterocycles. The van der Waals surface area contributed by atoms with Gasteiger partial charge in [-0.15, -0.1) is 0 Å². The van der Waals surface area contributed by atoms with Crippen molar-refractivity contribution in [3.05, 3.63) is 51.8 Å². The summed E-state index contributed by atoms with van der Waals surface area (Å²) in [7, 11) is 0. The maximum Gasteiger partial charge on any atom is 0.273 e. The van der Waals surface area contributed by atoms with E-state index in [1.165, 1.54) is 6.07 Å². The number of nitrogens with zero attached hydrogens (tertiary/aromatic N) is 2. The van der Waals surface area contributed by atoms with Crippen molar-refractivity contribution in [2.24, 2.45) is 5.16 Å². The van der Waals surface area contributed by atoms with Crippen LogP contribution in [0.3, 0.4) is 0 Å². The van der Waals surface area contributed by atoms with Gasteiger partial charge < -0.3 is 9.62 Å². The van der Waals surface area contributed by atoms with Crippen molar-refractivity contribution in [3.63, 3.8) is 0 Å². The largest absolute Gasteiger partial charge is 0.455 e. The van der Waals surface area contributed by atoms with Gasteiger partial charge in [-0.2, -0.15) is 0 Å². The molecule has 0 radical (unpaired) electrons. The first-order valence-electron chi connectivity index (χ1n) is 5.14. The van der Waals surface area contributed by atoms with Crippen LogP contribution >= 0.6 is 0 Å². The van der Waals surface area contributed by atoms with E-state index >= 15 is 0 Å². The van der Waals surface area contributed by atoms with Gasteiger partial charge in [-0.05, 0) is 19.1 Å². The number of rotatable bonds is 3. The molecule has 0 aliphatic heterocycles. The first kappa shape index (κ1) is 11.8. The van der Waals surface area contributed by atoms with Gasteiger partial charge >= 0.3 is 0 Å². The van der Waals surface area contributed by atoms with Gasteiger partial charge in [-0.25, -0.2) is 0 Å². The Bertz CT molecular complexity index is 616. The van der Waals surface area contributed by atoms with Gasteiger partial charge in [0, 0.05) is 17.2 Å². The van der Waals surface area contributed by atoms with E-state index < -0.39 is 4.92 Å². The third-order valence-electron chi connectivity index (χ3n) is 2.50. The molecule has 0 saturated carbocycles. The van der Waals surface area contributed by atoms with Gasteiger partial charge in [0.05, 0.1) is 4.92 Å². The zero-order valence-corrected chi connectivity index (χ0v) is 9.53. The van der Waals surface area contributed by atoms with Crippen molar-refractivity contribution in [1.82, 2.24) is 0 Å². The molecule has 6 nitrogen and oxygen atoms in total. The van der Waals surface area contributed by atoms with Crippen molar-refractivity contribution in [2.75, 3.05) is 0 Å². The Morgan fingerprint density at radius 3 is 2.83 bits per heavy atom. The van der Waals surface area contributed by atoms with Crippen LogP contribution in [0.15, 0.2) is 39.9 Å². The van der Waals surface area contributed by atoms with Gasteiger partial charge in [-0.1, -0.05) is 17.3 Å². The van der Waals surface area contributed by atoms with Crippen LogP contribution < -0.4 is 0 Å². The molecular weight excluding hydrogens is 236 g/mol. The Balaban J connectivity index is 2.44. The van der Waals surface area contributed by atoms with Crippen molar-refractivity contribution >= 4 is 11.9 Å². The van der Waals surface area contributed by atoms with Crippen molar-refractivity contribution in [1.29, 1.82) is 0 Å². The molecule has 0 unspecified atom stereocenters. The molecular formula is C12H10N2O4. The van der Waals surface area contributed by atoms with E-state index in [-0.39, 0.29) is 5.69 Å². The summed E-state index contributed by atoms with van der Waals surface area (Å²) in [6.07, 6.45) is 1.14. The molecule has 0 bridgehead atoms. The van der Waals surface area contributed by atoms with Gasteiger partial charge in [0.2, 0.25) is 0 Å². The SMILES string of the molecule is Cc1ccc(-c2ccc(/C=N/O)o2)cc1[N+](=O)[O-]. The molecule has 0 atom stereocenters. The molecule has 0 fully saturated rings. The molecule has 0 saturated heterocycles. The van der Waals surface area contributed by atoms with Crippen LogP contribution in [0.5, 0.6) is 0 Å². The van der Waals surface area contributed by atoms with Crippen molar-refractivity contribution in [3.8, 4) is 11.3 Å². The topological polar surface area (TPSA) is 88.9 Å². The Kier molecular flexibility index (Phi) is 3.09. The van der Waals surface area contributed by atoms with E-state index in [1.807, 2.05) is 0 Å². The van der Waals surface area contributed by atoms with Crippen molar-refractivity contribution < 1.29 is 14.5 Å².